The summed E-state index contributed by atoms with van der Waals surface area (Å²) in [5.74, 6) is -0.495. The van der Waals surface area contributed by atoms with Crippen molar-refractivity contribution in [3.05, 3.63) is 66.7 Å². The van der Waals surface area contributed by atoms with Gasteiger partial charge in [-0.25, -0.2) is 9.69 Å². The summed E-state index contributed by atoms with van der Waals surface area (Å²) in [5, 5.41) is 2.58. The number of carbonyl (C=O) groups excluding carboxylic acids is 3. The fourth-order valence-corrected chi connectivity index (χ4v) is 2.09. The monoisotopic (exact) mass is 308 g/mol. The standard InChI is InChI=1S/C17H12N2O4/c20-15-10-11-16(21)19(15)13-6-8-14(9-7-13)23-17(22)18-12-4-2-1-3-5-12/h1-11H,(H,18,22). The van der Waals surface area contributed by atoms with E-state index < -0.39 is 17.9 Å². The van der Waals surface area contributed by atoms with Crippen LogP contribution in [-0.4, -0.2) is 17.9 Å². The minimum atomic E-state index is -0.626. The quantitative estimate of drug-likeness (QED) is 0.885. The number of ether oxygens (including phenoxy) is 1. The second kappa shape index (κ2) is 6.15. The molecular formula is C17H12N2O4. The number of nitrogens with zero attached hydrogens (tertiary/aromatic N) is 1. The maximum atomic E-state index is 11.8. The molecule has 0 spiro atoms. The number of rotatable bonds is 3. The molecule has 6 nitrogen and oxygen atoms in total. The second-order valence-electron chi connectivity index (χ2n) is 4.72. The Morgan fingerprint density at radius 1 is 0.870 bits per heavy atom. The highest BCUT2D eigenvalue weighted by atomic mass is 16.6. The Labute approximate surface area is 132 Å². The first-order valence-corrected chi connectivity index (χ1v) is 6.83. The van der Waals surface area contributed by atoms with Crippen molar-refractivity contribution in [1.82, 2.24) is 0 Å². The molecule has 1 aliphatic heterocycles. The Morgan fingerprint density at radius 3 is 2.09 bits per heavy atom. The Kier molecular flexibility index (Phi) is 3.88. The van der Waals surface area contributed by atoms with E-state index in [2.05, 4.69) is 5.32 Å². The average Bonchev–Trinajstić information content (AvgIpc) is 2.88. The van der Waals surface area contributed by atoms with Crippen LogP contribution in [0, 0.1) is 0 Å². The smallest absolute Gasteiger partial charge is 0.410 e. The van der Waals surface area contributed by atoms with Crippen molar-refractivity contribution in [2.75, 3.05) is 10.2 Å². The van der Waals surface area contributed by atoms with E-state index in [9.17, 15) is 14.4 Å². The van der Waals surface area contributed by atoms with Crippen molar-refractivity contribution < 1.29 is 19.1 Å². The molecule has 0 radical (unpaired) electrons. The van der Waals surface area contributed by atoms with Crippen molar-refractivity contribution in [3.8, 4) is 5.75 Å². The number of imide groups is 1. The van der Waals surface area contributed by atoms with Gasteiger partial charge >= 0.3 is 6.09 Å². The van der Waals surface area contributed by atoms with Gasteiger partial charge in [-0.1, -0.05) is 18.2 Å². The van der Waals surface area contributed by atoms with Crippen LogP contribution in [0.2, 0.25) is 0 Å². The van der Waals surface area contributed by atoms with Gasteiger partial charge in [0.15, 0.2) is 0 Å². The lowest BCUT2D eigenvalue weighted by molar-refractivity contribution is -0.119. The van der Waals surface area contributed by atoms with Gasteiger partial charge in [0, 0.05) is 17.8 Å². The van der Waals surface area contributed by atoms with Gasteiger partial charge in [0.2, 0.25) is 0 Å². The number of amides is 3. The molecule has 0 saturated heterocycles. The highest BCUT2D eigenvalue weighted by Gasteiger charge is 2.24. The van der Waals surface area contributed by atoms with Gasteiger partial charge in [-0.15, -0.1) is 0 Å². The molecule has 0 bridgehead atoms. The molecule has 0 saturated carbocycles. The van der Waals surface area contributed by atoms with E-state index in [0.717, 1.165) is 4.90 Å². The Morgan fingerprint density at radius 2 is 1.48 bits per heavy atom. The molecule has 3 amide bonds. The minimum Gasteiger partial charge on any atom is -0.410 e. The van der Waals surface area contributed by atoms with E-state index in [4.69, 9.17) is 4.74 Å². The van der Waals surface area contributed by atoms with Crippen molar-refractivity contribution in [3.63, 3.8) is 0 Å². The van der Waals surface area contributed by atoms with E-state index in [1.165, 1.54) is 36.4 Å². The molecule has 0 fully saturated rings. The van der Waals surface area contributed by atoms with Gasteiger partial charge in [-0.2, -0.15) is 0 Å². The number of benzene rings is 2. The van der Waals surface area contributed by atoms with Gasteiger partial charge < -0.3 is 4.74 Å². The number of hydrogen-bond acceptors (Lipinski definition) is 4. The lowest BCUT2D eigenvalue weighted by Gasteiger charge is -2.14. The summed E-state index contributed by atoms with van der Waals surface area (Å²) in [7, 11) is 0. The predicted octanol–water partition coefficient (Wildman–Crippen LogP) is 2.73. The van der Waals surface area contributed by atoms with Gasteiger partial charge in [0.25, 0.3) is 11.8 Å². The largest absolute Gasteiger partial charge is 0.417 e. The summed E-state index contributed by atoms with van der Waals surface area (Å²) >= 11 is 0. The first-order valence-electron chi connectivity index (χ1n) is 6.83. The van der Waals surface area contributed by atoms with Crippen LogP contribution < -0.4 is 15.0 Å². The molecule has 3 rings (SSSR count). The molecule has 2 aromatic carbocycles. The third kappa shape index (κ3) is 3.26. The van der Waals surface area contributed by atoms with Crippen LogP contribution in [0.25, 0.3) is 0 Å². The second-order valence-corrected chi connectivity index (χ2v) is 4.72. The first kappa shape index (κ1) is 14.5. The van der Waals surface area contributed by atoms with Crippen LogP contribution in [0.15, 0.2) is 66.7 Å². The molecule has 1 heterocycles. The summed E-state index contributed by atoms with van der Waals surface area (Å²) in [6.07, 6.45) is 1.79. The van der Waals surface area contributed by atoms with E-state index >= 15 is 0 Å². The topological polar surface area (TPSA) is 75.7 Å². The van der Waals surface area contributed by atoms with Crippen LogP contribution in [0.5, 0.6) is 5.75 Å². The van der Waals surface area contributed by atoms with Crippen LogP contribution in [-0.2, 0) is 9.59 Å². The lowest BCUT2D eigenvalue weighted by atomic mass is 10.3. The molecule has 114 valence electrons. The Bertz CT molecular complexity index is 764. The predicted molar refractivity (Wildman–Crippen MR) is 84.2 cm³/mol. The summed E-state index contributed by atoms with van der Waals surface area (Å²) in [6, 6.07) is 15.0. The zero-order valence-electron chi connectivity index (χ0n) is 11.9. The fourth-order valence-electron chi connectivity index (χ4n) is 2.09. The van der Waals surface area contributed by atoms with E-state index in [1.54, 1.807) is 24.3 Å². The number of hydrogen-bond donors (Lipinski definition) is 1. The molecule has 23 heavy (non-hydrogen) atoms. The highest BCUT2D eigenvalue weighted by Crippen LogP contribution is 2.22. The van der Waals surface area contributed by atoms with Crippen LogP contribution in [0.1, 0.15) is 0 Å². The maximum absolute atomic E-state index is 11.8. The molecular weight excluding hydrogens is 296 g/mol. The van der Waals surface area contributed by atoms with E-state index in [0.29, 0.717) is 17.1 Å². The van der Waals surface area contributed by atoms with Crippen molar-refractivity contribution in [2.24, 2.45) is 0 Å². The first-order chi connectivity index (χ1) is 11.1. The minimum absolute atomic E-state index is 0.300. The zero-order chi connectivity index (χ0) is 16.2. The average molecular weight is 308 g/mol. The van der Waals surface area contributed by atoms with E-state index in [-0.39, 0.29) is 0 Å². The summed E-state index contributed by atoms with van der Waals surface area (Å²) in [4.78, 5) is 35.9. The van der Waals surface area contributed by atoms with Gasteiger partial charge in [-0.3, -0.25) is 14.9 Å². The number of anilines is 2. The third-order valence-corrected chi connectivity index (χ3v) is 3.13. The third-order valence-electron chi connectivity index (χ3n) is 3.13. The maximum Gasteiger partial charge on any atom is 0.417 e. The molecule has 0 aromatic heterocycles. The highest BCUT2D eigenvalue weighted by molar-refractivity contribution is 6.28. The summed E-state index contributed by atoms with van der Waals surface area (Å²) in [5.41, 5.74) is 1.04. The van der Waals surface area contributed by atoms with Crippen molar-refractivity contribution in [2.45, 2.75) is 0 Å². The summed E-state index contributed by atoms with van der Waals surface area (Å²) < 4.78 is 5.14. The zero-order valence-corrected chi connectivity index (χ0v) is 11.9. The van der Waals surface area contributed by atoms with Gasteiger partial charge in [0.05, 0.1) is 5.69 Å². The van der Waals surface area contributed by atoms with Gasteiger partial charge in [-0.05, 0) is 36.4 Å². The van der Waals surface area contributed by atoms with Gasteiger partial charge in [0.1, 0.15) is 5.75 Å². The molecule has 1 aliphatic rings. The fraction of sp³-hybridized carbons (Fsp3) is 0. The van der Waals surface area contributed by atoms with Crippen LogP contribution in [0.3, 0.4) is 0 Å². The number of nitrogens with one attached hydrogen (secondary N) is 1. The summed E-state index contributed by atoms with van der Waals surface area (Å²) in [6.45, 7) is 0. The Balaban J connectivity index is 1.65. The SMILES string of the molecule is O=C(Nc1ccccc1)Oc1ccc(N2C(=O)C=CC2=O)cc1. The molecule has 0 atom stereocenters. The molecule has 6 heteroatoms. The molecule has 0 aliphatic carbocycles. The molecule has 2 aromatic rings. The normalized spacial score (nSPS) is 13.3. The van der Waals surface area contributed by atoms with Crippen molar-refractivity contribution >= 4 is 29.3 Å². The Hall–Kier alpha value is -3.41. The van der Waals surface area contributed by atoms with Crippen molar-refractivity contribution in [1.29, 1.82) is 0 Å². The molecule has 1 N–H and O–H groups in total. The van der Waals surface area contributed by atoms with E-state index in [1.807, 2.05) is 6.07 Å². The number of para-hydroxylation sites is 1. The number of carbonyl (C=O) groups is 3. The molecule has 0 unspecified atom stereocenters. The van der Waals surface area contributed by atoms with Crippen LogP contribution >= 0.6 is 0 Å². The van der Waals surface area contributed by atoms with Crippen LogP contribution in [0.4, 0.5) is 16.2 Å². The lowest BCUT2D eigenvalue weighted by Crippen LogP contribution is -2.29.